The van der Waals surface area contributed by atoms with Gasteiger partial charge in [0.05, 0.1) is 12.2 Å². The number of morpholine rings is 1. The summed E-state index contributed by atoms with van der Waals surface area (Å²) in [5.41, 5.74) is -0.173. The fourth-order valence-corrected chi connectivity index (χ4v) is 3.52. The van der Waals surface area contributed by atoms with Crippen LogP contribution in [-0.2, 0) is 9.53 Å². The molecular formula is C19H28N2O3. The van der Waals surface area contributed by atoms with E-state index in [0.29, 0.717) is 19.7 Å². The molecule has 3 rings (SSSR count). The lowest BCUT2D eigenvalue weighted by Crippen LogP contribution is -2.59. The van der Waals surface area contributed by atoms with Crippen molar-refractivity contribution < 1.29 is 14.3 Å². The zero-order valence-corrected chi connectivity index (χ0v) is 14.7. The predicted octanol–water partition coefficient (Wildman–Crippen LogP) is 2.07. The highest BCUT2D eigenvalue weighted by molar-refractivity contribution is 5.81. The molecule has 5 heteroatoms. The average Bonchev–Trinajstić information content (AvgIpc) is 2.60. The van der Waals surface area contributed by atoms with Crippen molar-refractivity contribution >= 4 is 5.91 Å². The predicted molar refractivity (Wildman–Crippen MR) is 93.1 cm³/mol. The molecule has 0 bridgehead atoms. The molecular weight excluding hydrogens is 304 g/mol. The molecule has 132 valence electrons. The van der Waals surface area contributed by atoms with Crippen molar-refractivity contribution in [2.75, 3.05) is 32.8 Å². The summed E-state index contributed by atoms with van der Waals surface area (Å²) in [6.07, 6.45) is 1.47. The first-order chi connectivity index (χ1) is 11.6. The van der Waals surface area contributed by atoms with Gasteiger partial charge < -0.3 is 19.7 Å². The molecule has 1 amide bonds. The van der Waals surface area contributed by atoms with E-state index in [0.717, 1.165) is 31.7 Å². The maximum Gasteiger partial charge on any atom is 0.264 e. The van der Waals surface area contributed by atoms with Crippen LogP contribution in [0.5, 0.6) is 5.75 Å². The first-order valence-electron chi connectivity index (χ1n) is 8.95. The van der Waals surface area contributed by atoms with Gasteiger partial charge in [0.15, 0.2) is 6.10 Å². The summed E-state index contributed by atoms with van der Waals surface area (Å²) in [6, 6.07) is 9.60. The molecule has 2 aliphatic rings. The highest BCUT2D eigenvalue weighted by Gasteiger charge is 2.41. The van der Waals surface area contributed by atoms with Crippen molar-refractivity contribution in [3.8, 4) is 5.75 Å². The number of ether oxygens (including phenoxy) is 2. The monoisotopic (exact) mass is 332 g/mol. The van der Waals surface area contributed by atoms with E-state index in [1.54, 1.807) is 0 Å². The lowest BCUT2D eigenvalue weighted by atomic mass is 9.90. The summed E-state index contributed by atoms with van der Waals surface area (Å²) in [6.45, 7) is 7.91. The third kappa shape index (κ3) is 3.90. The molecule has 5 nitrogen and oxygen atoms in total. The van der Waals surface area contributed by atoms with Crippen LogP contribution < -0.4 is 10.1 Å². The van der Waals surface area contributed by atoms with E-state index >= 15 is 0 Å². The van der Waals surface area contributed by atoms with Gasteiger partial charge in [-0.2, -0.15) is 0 Å². The number of nitrogens with zero attached hydrogens (tertiary/aromatic N) is 1. The van der Waals surface area contributed by atoms with Gasteiger partial charge in [0.25, 0.3) is 5.91 Å². The van der Waals surface area contributed by atoms with Crippen LogP contribution in [0.4, 0.5) is 0 Å². The van der Waals surface area contributed by atoms with E-state index in [1.807, 2.05) is 49.1 Å². The number of carbonyl (C=O) groups is 1. The van der Waals surface area contributed by atoms with E-state index in [4.69, 9.17) is 9.47 Å². The van der Waals surface area contributed by atoms with Crippen LogP contribution in [-0.4, -0.2) is 55.3 Å². The Hall–Kier alpha value is -1.59. The number of piperidine rings is 1. The van der Waals surface area contributed by atoms with Crippen molar-refractivity contribution in [1.82, 2.24) is 10.2 Å². The zero-order chi connectivity index (χ0) is 17.0. The van der Waals surface area contributed by atoms with Crippen molar-refractivity contribution in [2.45, 2.75) is 38.4 Å². The topological polar surface area (TPSA) is 50.8 Å². The van der Waals surface area contributed by atoms with Gasteiger partial charge in [-0.1, -0.05) is 32.0 Å². The third-order valence-corrected chi connectivity index (χ3v) is 4.93. The lowest BCUT2D eigenvalue weighted by molar-refractivity contribution is -0.162. The summed E-state index contributed by atoms with van der Waals surface area (Å²) in [5.74, 6) is 0.939. The molecule has 1 unspecified atom stereocenters. The van der Waals surface area contributed by atoms with Crippen molar-refractivity contribution in [3.63, 3.8) is 0 Å². The van der Waals surface area contributed by atoms with Crippen LogP contribution in [0, 0.1) is 5.92 Å². The van der Waals surface area contributed by atoms with Crippen LogP contribution in [0.25, 0.3) is 0 Å². The molecule has 0 saturated carbocycles. The number of rotatable bonds is 4. The second-order valence-corrected chi connectivity index (χ2v) is 7.14. The van der Waals surface area contributed by atoms with Gasteiger partial charge in [0.2, 0.25) is 0 Å². The van der Waals surface area contributed by atoms with Gasteiger partial charge in [-0.3, -0.25) is 4.79 Å². The van der Waals surface area contributed by atoms with E-state index < -0.39 is 6.10 Å². The van der Waals surface area contributed by atoms with Crippen LogP contribution in [0.2, 0.25) is 0 Å². The van der Waals surface area contributed by atoms with Crippen LogP contribution in [0.1, 0.15) is 26.7 Å². The Morgan fingerprint density at radius 2 is 1.96 bits per heavy atom. The minimum atomic E-state index is -0.454. The molecule has 1 aromatic rings. The highest BCUT2D eigenvalue weighted by Crippen LogP contribution is 2.28. The van der Waals surface area contributed by atoms with Crippen molar-refractivity contribution in [1.29, 1.82) is 0 Å². The average molecular weight is 332 g/mol. The molecule has 1 aromatic carbocycles. The smallest absolute Gasteiger partial charge is 0.264 e. The van der Waals surface area contributed by atoms with Gasteiger partial charge in [0.1, 0.15) is 5.75 Å². The molecule has 2 fully saturated rings. The Labute approximate surface area is 144 Å². The fraction of sp³-hybridized carbons (Fsp3) is 0.632. The maximum absolute atomic E-state index is 13.1. The van der Waals surface area contributed by atoms with Gasteiger partial charge in [-0.25, -0.2) is 0 Å². The Bertz CT molecular complexity index is 535. The molecule has 1 spiro atoms. The second kappa shape index (κ2) is 7.53. The summed E-state index contributed by atoms with van der Waals surface area (Å²) in [5, 5.41) is 3.37. The maximum atomic E-state index is 13.1. The van der Waals surface area contributed by atoms with Gasteiger partial charge in [-0.15, -0.1) is 0 Å². The van der Waals surface area contributed by atoms with Crippen LogP contribution in [0.3, 0.4) is 0 Å². The summed E-state index contributed by atoms with van der Waals surface area (Å²) in [7, 11) is 0. The number of para-hydroxylation sites is 1. The van der Waals surface area contributed by atoms with Crippen molar-refractivity contribution in [3.05, 3.63) is 30.3 Å². The first kappa shape index (κ1) is 17.2. The molecule has 2 heterocycles. The molecule has 1 atom stereocenters. The summed E-state index contributed by atoms with van der Waals surface area (Å²) in [4.78, 5) is 15.0. The standard InChI is InChI=1S/C19H28N2O3/c1-15(2)17(24-16-6-4-3-5-7-16)18(22)21-12-13-23-19(14-21)8-10-20-11-9-19/h3-7,15,17,20H,8-14H2,1-2H3. The van der Waals surface area contributed by atoms with Crippen LogP contribution in [0.15, 0.2) is 30.3 Å². The minimum absolute atomic E-state index is 0.0788. The number of hydrogen-bond donors (Lipinski definition) is 1. The molecule has 0 aliphatic carbocycles. The largest absolute Gasteiger partial charge is 0.480 e. The minimum Gasteiger partial charge on any atom is -0.480 e. The Morgan fingerprint density at radius 1 is 1.25 bits per heavy atom. The number of nitrogens with one attached hydrogen (secondary N) is 1. The van der Waals surface area contributed by atoms with E-state index in [9.17, 15) is 4.79 Å². The number of hydrogen-bond acceptors (Lipinski definition) is 4. The first-order valence-corrected chi connectivity index (χ1v) is 8.95. The third-order valence-electron chi connectivity index (χ3n) is 4.93. The Balaban J connectivity index is 1.70. The quantitative estimate of drug-likeness (QED) is 0.917. The van der Waals surface area contributed by atoms with Gasteiger partial charge in [-0.05, 0) is 44.0 Å². The molecule has 1 N–H and O–H groups in total. The van der Waals surface area contributed by atoms with Gasteiger partial charge >= 0.3 is 0 Å². The molecule has 0 radical (unpaired) electrons. The van der Waals surface area contributed by atoms with E-state index in [1.165, 1.54) is 0 Å². The molecule has 0 aromatic heterocycles. The van der Waals surface area contributed by atoms with E-state index in [2.05, 4.69) is 5.32 Å². The zero-order valence-electron chi connectivity index (χ0n) is 14.7. The molecule has 2 saturated heterocycles. The lowest BCUT2D eigenvalue weighted by Gasteiger charge is -2.45. The SMILES string of the molecule is CC(C)C(Oc1ccccc1)C(=O)N1CCOC2(CCNCC2)C1. The Kier molecular flexibility index (Phi) is 5.41. The van der Waals surface area contributed by atoms with Crippen LogP contribution >= 0.6 is 0 Å². The van der Waals surface area contributed by atoms with Crippen molar-refractivity contribution in [2.24, 2.45) is 5.92 Å². The van der Waals surface area contributed by atoms with E-state index in [-0.39, 0.29) is 17.4 Å². The fourth-order valence-electron chi connectivity index (χ4n) is 3.52. The van der Waals surface area contributed by atoms with Gasteiger partial charge in [0, 0.05) is 13.1 Å². The molecule has 24 heavy (non-hydrogen) atoms. The number of benzene rings is 1. The normalized spacial score (nSPS) is 21.7. The number of amides is 1. The number of carbonyl (C=O) groups excluding carboxylic acids is 1. The molecule has 2 aliphatic heterocycles. The summed E-state index contributed by atoms with van der Waals surface area (Å²) < 4.78 is 12.1. The summed E-state index contributed by atoms with van der Waals surface area (Å²) >= 11 is 0. The Morgan fingerprint density at radius 3 is 2.62 bits per heavy atom. The second-order valence-electron chi connectivity index (χ2n) is 7.14. The highest BCUT2D eigenvalue weighted by atomic mass is 16.5.